The fraction of sp³-hybridized carbons (Fsp3) is 0.188. The quantitative estimate of drug-likeness (QED) is 0.774. The summed E-state index contributed by atoms with van der Waals surface area (Å²) in [4.78, 5) is 28.8. The SMILES string of the molecule is O=C1c2ccccc2C(=O)N1CCOc1ncc(Cl)cc1C(F)(F)F. The van der Waals surface area contributed by atoms with Crippen molar-refractivity contribution < 1.29 is 27.5 Å². The summed E-state index contributed by atoms with van der Waals surface area (Å²) < 4.78 is 43.9. The highest BCUT2D eigenvalue weighted by atomic mass is 35.5. The highest BCUT2D eigenvalue weighted by molar-refractivity contribution is 6.30. The van der Waals surface area contributed by atoms with E-state index in [0.717, 1.165) is 11.1 Å². The van der Waals surface area contributed by atoms with Gasteiger partial charge in [-0.25, -0.2) is 4.98 Å². The smallest absolute Gasteiger partial charge is 0.421 e. The molecule has 5 nitrogen and oxygen atoms in total. The van der Waals surface area contributed by atoms with Crippen LogP contribution < -0.4 is 4.74 Å². The van der Waals surface area contributed by atoms with E-state index in [9.17, 15) is 22.8 Å². The summed E-state index contributed by atoms with van der Waals surface area (Å²) in [5.74, 6) is -1.68. The van der Waals surface area contributed by atoms with Crippen molar-refractivity contribution >= 4 is 23.4 Å². The molecule has 2 heterocycles. The van der Waals surface area contributed by atoms with E-state index >= 15 is 0 Å². The average molecular weight is 371 g/mol. The van der Waals surface area contributed by atoms with Crippen LogP contribution in [0, 0.1) is 0 Å². The van der Waals surface area contributed by atoms with Crippen LogP contribution in [0.5, 0.6) is 5.88 Å². The number of carbonyl (C=O) groups is 2. The largest absolute Gasteiger partial charge is 0.475 e. The van der Waals surface area contributed by atoms with Crippen molar-refractivity contribution in [1.29, 1.82) is 0 Å². The van der Waals surface area contributed by atoms with Gasteiger partial charge >= 0.3 is 6.18 Å². The summed E-state index contributed by atoms with van der Waals surface area (Å²) in [5, 5.41) is -0.181. The van der Waals surface area contributed by atoms with Gasteiger partial charge in [0.15, 0.2) is 0 Å². The maximum atomic E-state index is 13.0. The number of imide groups is 1. The summed E-state index contributed by atoms with van der Waals surface area (Å²) >= 11 is 5.53. The van der Waals surface area contributed by atoms with Gasteiger partial charge in [-0.05, 0) is 18.2 Å². The van der Waals surface area contributed by atoms with Crippen molar-refractivity contribution in [2.75, 3.05) is 13.2 Å². The van der Waals surface area contributed by atoms with Gasteiger partial charge in [0, 0.05) is 6.20 Å². The van der Waals surface area contributed by atoms with Crippen LogP contribution in [0.4, 0.5) is 13.2 Å². The number of hydrogen-bond acceptors (Lipinski definition) is 4. The number of hydrogen-bond donors (Lipinski definition) is 0. The number of nitrogens with zero attached hydrogens (tertiary/aromatic N) is 2. The van der Waals surface area contributed by atoms with Crippen molar-refractivity contribution in [3.63, 3.8) is 0 Å². The standard InChI is InChI=1S/C16H10ClF3N2O3/c17-9-7-12(16(18,19)20)13(21-8-9)25-6-5-22-14(23)10-3-1-2-4-11(10)15(22)24/h1-4,7-8H,5-6H2. The molecule has 0 fully saturated rings. The second-order valence-electron chi connectivity index (χ2n) is 5.16. The molecule has 9 heteroatoms. The number of ether oxygens (including phenoxy) is 1. The topological polar surface area (TPSA) is 59.5 Å². The van der Waals surface area contributed by atoms with Crippen molar-refractivity contribution in [3.05, 3.63) is 58.2 Å². The lowest BCUT2D eigenvalue weighted by Crippen LogP contribution is -2.33. The number of amides is 2. The molecule has 130 valence electrons. The number of halogens is 4. The van der Waals surface area contributed by atoms with E-state index in [1.165, 1.54) is 12.1 Å². The number of fused-ring (bicyclic) bond motifs is 1. The monoisotopic (exact) mass is 370 g/mol. The van der Waals surface area contributed by atoms with Gasteiger partial charge in [-0.3, -0.25) is 14.5 Å². The molecule has 2 amide bonds. The predicted molar refractivity (Wildman–Crippen MR) is 81.6 cm³/mol. The number of rotatable bonds is 4. The van der Waals surface area contributed by atoms with E-state index in [-0.39, 0.29) is 29.3 Å². The first-order valence-electron chi connectivity index (χ1n) is 7.10. The molecule has 1 aliphatic rings. The van der Waals surface area contributed by atoms with Gasteiger partial charge in [0.05, 0.1) is 22.7 Å². The highest BCUT2D eigenvalue weighted by Gasteiger charge is 2.37. The van der Waals surface area contributed by atoms with E-state index in [1.54, 1.807) is 12.1 Å². The maximum Gasteiger partial charge on any atom is 0.421 e. The zero-order chi connectivity index (χ0) is 18.2. The Hall–Kier alpha value is -2.61. The summed E-state index contributed by atoms with van der Waals surface area (Å²) in [6.45, 7) is -0.531. The molecule has 0 aliphatic carbocycles. The lowest BCUT2D eigenvalue weighted by molar-refractivity contribution is -0.139. The predicted octanol–water partition coefficient (Wildman–Crippen LogP) is 3.43. The maximum absolute atomic E-state index is 13.0. The average Bonchev–Trinajstić information content (AvgIpc) is 2.80. The molecular formula is C16H10ClF3N2O3. The first-order chi connectivity index (χ1) is 11.8. The summed E-state index contributed by atoms with van der Waals surface area (Å²) in [6.07, 6.45) is -3.67. The zero-order valence-corrected chi connectivity index (χ0v) is 13.3. The lowest BCUT2D eigenvalue weighted by Gasteiger charge is -2.16. The Morgan fingerprint density at radius 1 is 1.12 bits per heavy atom. The molecule has 1 aliphatic heterocycles. The van der Waals surface area contributed by atoms with Crippen LogP contribution >= 0.6 is 11.6 Å². The molecule has 0 saturated heterocycles. The summed E-state index contributed by atoms with van der Waals surface area (Å²) in [6, 6.07) is 6.97. The van der Waals surface area contributed by atoms with Crippen molar-refractivity contribution in [2.24, 2.45) is 0 Å². The van der Waals surface area contributed by atoms with Gasteiger partial charge in [0.2, 0.25) is 5.88 Å². The number of alkyl halides is 3. The lowest BCUT2D eigenvalue weighted by atomic mass is 10.1. The molecule has 0 N–H and O–H groups in total. The first-order valence-corrected chi connectivity index (χ1v) is 7.47. The molecule has 0 unspecified atom stereocenters. The second kappa shape index (κ2) is 6.36. The number of carbonyl (C=O) groups excluding carboxylic acids is 2. The Labute approximate surface area is 145 Å². The van der Waals surface area contributed by atoms with E-state index in [1.807, 2.05) is 0 Å². The Bertz CT molecular complexity index is 820. The Kier molecular flexibility index (Phi) is 4.38. The van der Waals surface area contributed by atoms with E-state index in [4.69, 9.17) is 16.3 Å². The Balaban J connectivity index is 1.71. The molecule has 0 saturated carbocycles. The minimum Gasteiger partial charge on any atom is -0.475 e. The van der Waals surface area contributed by atoms with Crippen LogP contribution in [0.3, 0.4) is 0 Å². The van der Waals surface area contributed by atoms with Crippen molar-refractivity contribution in [3.8, 4) is 5.88 Å². The third-order valence-electron chi connectivity index (χ3n) is 3.56. The third kappa shape index (κ3) is 3.30. The van der Waals surface area contributed by atoms with Gasteiger partial charge in [-0.15, -0.1) is 0 Å². The van der Waals surface area contributed by atoms with Crippen molar-refractivity contribution in [2.45, 2.75) is 6.18 Å². The van der Waals surface area contributed by atoms with E-state index in [0.29, 0.717) is 6.07 Å². The van der Waals surface area contributed by atoms with Crippen molar-refractivity contribution in [1.82, 2.24) is 9.88 Å². The molecule has 2 aromatic rings. The number of aromatic nitrogens is 1. The second-order valence-corrected chi connectivity index (χ2v) is 5.60. The summed E-state index contributed by atoms with van der Waals surface area (Å²) in [5.41, 5.74) is -0.608. The van der Waals surface area contributed by atoms with Gasteiger partial charge in [0.25, 0.3) is 11.8 Å². The van der Waals surface area contributed by atoms with Gasteiger partial charge in [-0.1, -0.05) is 23.7 Å². The highest BCUT2D eigenvalue weighted by Crippen LogP contribution is 2.36. The Morgan fingerprint density at radius 3 is 2.28 bits per heavy atom. The van der Waals surface area contributed by atoms with Crippen LogP contribution in [0.25, 0.3) is 0 Å². The third-order valence-corrected chi connectivity index (χ3v) is 3.76. The fourth-order valence-corrected chi connectivity index (χ4v) is 2.58. The van der Waals surface area contributed by atoms with E-state index < -0.39 is 29.4 Å². The number of pyridine rings is 1. The van der Waals surface area contributed by atoms with Crippen LogP contribution in [0.15, 0.2) is 36.5 Å². The van der Waals surface area contributed by atoms with Crippen LogP contribution in [0.1, 0.15) is 26.3 Å². The normalized spacial score (nSPS) is 14.0. The molecule has 1 aromatic heterocycles. The van der Waals surface area contributed by atoms with Crippen LogP contribution in [-0.2, 0) is 6.18 Å². The summed E-state index contributed by atoms with van der Waals surface area (Å²) in [7, 11) is 0. The van der Waals surface area contributed by atoms with Gasteiger partial charge in [-0.2, -0.15) is 13.2 Å². The van der Waals surface area contributed by atoms with Crippen LogP contribution in [0.2, 0.25) is 5.02 Å². The van der Waals surface area contributed by atoms with Gasteiger partial charge < -0.3 is 4.74 Å². The minimum atomic E-state index is -4.69. The first kappa shape index (κ1) is 17.2. The molecule has 0 radical (unpaired) electrons. The molecule has 3 rings (SSSR count). The van der Waals surface area contributed by atoms with Gasteiger partial charge in [0.1, 0.15) is 12.2 Å². The molecule has 1 aromatic carbocycles. The number of benzene rings is 1. The minimum absolute atomic E-state index is 0.181. The molecule has 0 spiro atoms. The molecule has 25 heavy (non-hydrogen) atoms. The Morgan fingerprint density at radius 2 is 1.72 bits per heavy atom. The molecule has 0 atom stereocenters. The molecular weight excluding hydrogens is 361 g/mol. The fourth-order valence-electron chi connectivity index (χ4n) is 2.42. The van der Waals surface area contributed by atoms with Crippen LogP contribution in [-0.4, -0.2) is 34.8 Å². The zero-order valence-electron chi connectivity index (χ0n) is 12.5. The molecule has 0 bridgehead atoms. The van der Waals surface area contributed by atoms with E-state index in [2.05, 4.69) is 4.98 Å².